The van der Waals surface area contributed by atoms with Crippen LogP contribution in [-0.4, -0.2) is 66.0 Å². The van der Waals surface area contributed by atoms with Gasteiger partial charge in [0.1, 0.15) is 0 Å². The lowest BCUT2D eigenvalue weighted by Crippen LogP contribution is -2.64. The van der Waals surface area contributed by atoms with Crippen molar-refractivity contribution in [2.24, 2.45) is 0 Å². The van der Waals surface area contributed by atoms with Gasteiger partial charge in [0, 0.05) is 6.54 Å². The summed E-state index contributed by atoms with van der Waals surface area (Å²) in [5.41, 5.74) is 0. The fourth-order valence-corrected chi connectivity index (χ4v) is 3.41. The largest absolute Gasteiger partial charge is 0.377 e. The van der Waals surface area contributed by atoms with Crippen LogP contribution in [0.5, 0.6) is 0 Å². The van der Waals surface area contributed by atoms with Gasteiger partial charge in [-0.3, -0.25) is 0 Å². The Kier molecular flexibility index (Phi) is 3.35. The van der Waals surface area contributed by atoms with Gasteiger partial charge >= 0.3 is 0 Å². The average molecular weight is 312 g/mol. The lowest BCUT2D eigenvalue weighted by Gasteiger charge is -2.52. The van der Waals surface area contributed by atoms with Gasteiger partial charge in [-0.15, -0.1) is 0 Å². The molecule has 0 saturated carbocycles. The van der Waals surface area contributed by atoms with Crippen molar-refractivity contribution in [3.63, 3.8) is 0 Å². The molecule has 0 N–H and O–H groups in total. The number of morpholine rings is 2. The van der Waals surface area contributed by atoms with E-state index in [1.54, 1.807) is 0 Å². The third kappa shape index (κ3) is 2.33. The van der Waals surface area contributed by atoms with E-state index >= 15 is 0 Å². The maximum atomic E-state index is 6.12. The van der Waals surface area contributed by atoms with Crippen LogP contribution in [0.15, 0.2) is 0 Å². The number of nitrogens with zero attached hydrogens (tertiary/aromatic N) is 5. The van der Waals surface area contributed by atoms with Crippen molar-refractivity contribution in [1.82, 2.24) is 15.0 Å². The van der Waals surface area contributed by atoms with Gasteiger partial charge in [0.25, 0.3) is 0 Å². The summed E-state index contributed by atoms with van der Waals surface area (Å²) in [6.07, 6.45) is 1.15. The number of hydrogen-bond acceptors (Lipinski definition) is 7. The monoisotopic (exact) mass is 311 g/mol. The van der Waals surface area contributed by atoms with Gasteiger partial charge in [-0.1, -0.05) is 0 Å². The highest BCUT2D eigenvalue weighted by Gasteiger charge is 2.44. The smallest absolute Gasteiger partial charge is 0.232 e. The van der Waals surface area contributed by atoms with E-state index in [9.17, 15) is 0 Å². The summed E-state index contributed by atoms with van der Waals surface area (Å²) >= 11 is 6.12. The number of ether oxygens (including phenoxy) is 2. The fraction of sp³-hybridized carbons (Fsp3) is 0.769. The van der Waals surface area contributed by atoms with Crippen molar-refractivity contribution in [2.45, 2.75) is 31.5 Å². The Morgan fingerprint density at radius 3 is 2.52 bits per heavy atom. The molecule has 7 nitrogen and oxygen atoms in total. The maximum absolute atomic E-state index is 6.12. The quantitative estimate of drug-likeness (QED) is 0.797. The van der Waals surface area contributed by atoms with Crippen LogP contribution >= 0.6 is 11.6 Å². The number of anilines is 2. The molecular formula is C13H18ClN5O2. The molecule has 3 aliphatic heterocycles. The minimum absolute atomic E-state index is 0.240. The van der Waals surface area contributed by atoms with Crippen molar-refractivity contribution in [1.29, 1.82) is 0 Å². The van der Waals surface area contributed by atoms with Crippen LogP contribution in [0, 0.1) is 0 Å². The molecule has 4 rings (SSSR count). The molecule has 8 heteroatoms. The zero-order valence-corrected chi connectivity index (χ0v) is 12.7. The van der Waals surface area contributed by atoms with E-state index < -0.39 is 0 Å². The normalized spacial score (nSPS) is 32.0. The maximum Gasteiger partial charge on any atom is 0.232 e. The van der Waals surface area contributed by atoms with Crippen LogP contribution in [-0.2, 0) is 9.47 Å². The molecule has 2 bridgehead atoms. The second-order valence-electron chi connectivity index (χ2n) is 5.81. The lowest BCUT2D eigenvalue weighted by atomic mass is 9.92. The minimum Gasteiger partial charge on any atom is -0.377 e. The van der Waals surface area contributed by atoms with E-state index in [2.05, 4.69) is 31.7 Å². The Labute approximate surface area is 128 Å². The molecule has 3 atom stereocenters. The molecule has 0 amide bonds. The summed E-state index contributed by atoms with van der Waals surface area (Å²) in [4.78, 5) is 17.6. The number of rotatable bonds is 2. The Morgan fingerprint density at radius 1 is 1.05 bits per heavy atom. The fourth-order valence-electron chi connectivity index (χ4n) is 3.26. The molecule has 21 heavy (non-hydrogen) atoms. The minimum atomic E-state index is 0.240. The Bertz CT molecular complexity index is 502. The van der Waals surface area contributed by atoms with Crippen molar-refractivity contribution >= 4 is 23.5 Å². The van der Waals surface area contributed by atoms with E-state index in [1.165, 1.54) is 0 Å². The lowest BCUT2D eigenvalue weighted by molar-refractivity contribution is 0.00903. The van der Waals surface area contributed by atoms with E-state index in [4.69, 9.17) is 21.1 Å². The number of fused-ring (bicyclic) bond motifs is 2. The van der Waals surface area contributed by atoms with Crippen LogP contribution in [0.4, 0.5) is 11.9 Å². The van der Waals surface area contributed by atoms with Gasteiger partial charge < -0.3 is 19.3 Å². The summed E-state index contributed by atoms with van der Waals surface area (Å²) < 4.78 is 11.0. The average Bonchev–Trinajstić information content (AvgIpc) is 2.47. The Hall–Kier alpha value is -1.18. The summed E-state index contributed by atoms with van der Waals surface area (Å²) in [6.45, 7) is 5.72. The first kappa shape index (κ1) is 13.5. The molecule has 114 valence electrons. The Morgan fingerprint density at radius 2 is 1.81 bits per heavy atom. The van der Waals surface area contributed by atoms with E-state index in [0.29, 0.717) is 37.2 Å². The van der Waals surface area contributed by atoms with E-state index in [-0.39, 0.29) is 11.3 Å². The molecule has 4 heterocycles. The summed E-state index contributed by atoms with van der Waals surface area (Å²) in [5.74, 6) is 1.32. The molecule has 1 aromatic heterocycles. The van der Waals surface area contributed by atoms with Crippen LogP contribution in [0.25, 0.3) is 0 Å². The standard InChI is InChI=1S/C13H18ClN5O2/c1-8-5-20-3-2-18(8)12-15-11(14)16-13(17-12)19-9-4-10(19)7-21-6-9/h8-10H,2-7H2,1H3/t8-,9+,10?/m1/s1. The Balaban J connectivity index is 1.63. The molecule has 1 aromatic rings. The van der Waals surface area contributed by atoms with Gasteiger partial charge in [0.2, 0.25) is 17.2 Å². The highest BCUT2D eigenvalue weighted by molar-refractivity contribution is 6.28. The topological polar surface area (TPSA) is 63.6 Å². The summed E-state index contributed by atoms with van der Waals surface area (Å²) in [7, 11) is 0. The molecule has 0 radical (unpaired) electrons. The van der Waals surface area contributed by atoms with Crippen molar-refractivity contribution in [3.8, 4) is 0 Å². The van der Waals surface area contributed by atoms with Crippen LogP contribution in [0.2, 0.25) is 5.28 Å². The second-order valence-corrected chi connectivity index (χ2v) is 6.15. The molecule has 0 aliphatic carbocycles. The molecule has 3 aliphatic rings. The zero-order valence-electron chi connectivity index (χ0n) is 11.9. The van der Waals surface area contributed by atoms with Gasteiger partial charge in [-0.2, -0.15) is 15.0 Å². The second kappa shape index (κ2) is 5.23. The van der Waals surface area contributed by atoms with Gasteiger partial charge in [-0.05, 0) is 24.9 Å². The first-order chi connectivity index (χ1) is 10.2. The molecule has 0 aromatic carbocycles. The molecular weight excluding hydrogens is 294 g/mol. The molecule has 3 fully saturated rings. The number of halogens is 1. The van der Waals surface area contributed by atoms with Crippen LogP contribution in [0.3, 0.4) is 0 Å². The number of hydrogen-bond donors (Lipinski definition) is 0. The molecule has 1 unspecified atom stereocenters. The summed E-state index contributed by atoms with van der Waals surface area (Å²) in [5, 5.41) is 0.250. The summed E-state index contributed by atoms with van der Waals surface area (Å²) in [6, 6.07) is 0.985. The van der Waals surface area contributed by atoms with Crippen LogP contribution in [0.1, 0.15) is 13.3 Å². The van der Waals surface area contributed by atoms with Crippen molar-refractivity contribution in [2.75, 3.05) is 42.8 Å². The predicted molar refractivity (Wildman–Crippen MR) is 78.0 cm³/mol. The number of aromatic nitrogens is 3. The third-order valence-corrected chi connectivity index (χ3v) is 4.56. The SMILES string of the molecule is C[C@@H]1COCCN1c1nc(Cl)nc(N2C3COC[C@@H]2C3)n1. The van der Waals surface area contributed by atoms with E-state index in [0.717, 1.165) is 26.2 Å². The van der Waals surface area contributed by atoms with Crippen LogP contribution < -0.4 is 9.80 Å². The molecule has 3 saturated heterocycles. The van der Waals surface area contributed by atoms with Gasteiger partial charge in [-0.25, -0.2) is 0 Å². The van der Waals surface area contributed by atoms with E-state index in [1.807, 2.05) is 0 Å². The first-order valence-corrected chi connectivity index (χ1v) is 7.72. The highest BCUT2D eigenvalue weighted by atomic mass is 35.5. The highest BCUT2D eigenvalue weighted by Crippen LogP contribution is 2.35. The van der Waals surface area contributed by atoms with Crippen molar-refractivity contribution in [3.05, 3.63) is 5.28 Å². The first-order valence-electron chi connectivity index (χ1n) is 7.34. The molecule has 0 spiro atoms. The van der Waals surface area contributed by atoms with Gasteiger partial charge in [0.05, 0.1) is 44.6 Å². The third-order valence-electron chi connectivity index (χ3n) is 4.39. The van der Waals surface area contributed by atoms with Gasteiger partial charge in [0.15, 0.2) is 0 Å². The zero-order chi connectivity index (χ0) is 14.4. The van der Waals surface area contributed by atoms with Crippen molar-refractivity contribution < 1.29 is 9.47 Å². The predicted octanol–water partition coefficient (Wildman–Crippen LogP) is 0.728.